The zero-order valence-electron chi connectivity index (χ0n) is 10.7. The number of halogens is 1. The fourth-order valence-corrected chi connectivity index (χ4v) is 3.03. The first-order chi connectivity index (χ1) is 8.29. The van der Waals surface area contributed by atoms with Crippen LogP contribution in [-0.2, 0) is 0 Å². The van der Waals surface area contributed by atoms with Crippen LogP contribution in [0, 0.1) is 0 Å². The van der Waals surface area contributed by atoms with Crippen molar-refractivity contribution in [1.82, 2.24) is 5.32 Å². The van der Waals surface area contributed by atoms with E-state index in [-0.39, 0.29) is 0 Å². The lowest BCUT2D eigenvalue weighted by molar-refractivity contribution is 0.555. The van der Waals surface area contributed by atoms with E-state index in [1.54, 1.807) is 0 Å². The topological polar surface area (TPSA) is 12.0 Å². The van der Waals surface area contributed by atoms with Crippen molar-refractivity contribution in [1.29, 1.82) is 0 Å². The van der Waals surface area contributed by atoms with Gasteiger partial charge in [-0.15, -0.1) is 0 Å². The van der Waals surface area contributed by atoms with Crippen LogP contribution in [0.1, 0.15) is 31.2 Å². The standard InChI is InChI=1S/C14H22BrNS/c1-3-16-11-12(7-6-10-17-2)13-8-4-5-9-14(13)15/h4-5,8-9,12,16H,3,6-7,10-11H2,1-2H3. The minimum Gasteiger partial charge on any atom is -0.316 e. The molecule has 0 saturated heterocycles. The number of thioether (sulfide) groups is 1. The molecule has 0 radical (unpaired) electrons. The van der Waals surface area contributed by atoms with Crippen LogP contribution in [0.4, 0.5) is 0 Å². The Hall–Kier alpha value is 0.01000. The van der Waals surface area contributed by atoms with Crippen molar-refractivity contribution < 1.29 is 0 Å². The first kappa shape index (κ1) is 15.1. The van der Waals surface area contributed by atoms with Gasteiger partial charge in [-0.1, -0.05) is 41.1 Å². The summed E-state index contributed by atoms with van der Waals surface area (Å²) in [5.41, 5.74) is 1.44. The lowest BCUT2D eigenvalue weighted by Gasteiger charge is -2.19. The molecule has 1 N–H and O–H groups in total. The van der Waals surface area contributed by atoms with E-state index in [2.05, 4.69) is 58.7 Å². The molecule has 0 aromatic heterocycles. The summed E-state index contributed by atoms with van der Waals surface area (Å²) in [6.45, 7) is 4.29. The van der Waals surface area contributed by atoms with E-state index < -0.39 is 0 Å². The molecule has 0 aliphatic heterocycles. The minimum atomic E-state index is 0.623. The van der Waals surface area contributed by atoms with E-state index in [0.29, 0.717) is 5.92 Å². The lowest BCUT2D eigenvalue weighted by atomic mass is 9.94. The number of hydrogen-bond acceptors (Lipinski definition) is 2. The van der Waals surface area contributed by atoms with Gasteiger partial charge in [0, 0.05) is 11.0 Å². The van der Waals surface area contributed by atoms with Gasteiger partial charge in [-0.2, -0.15) is 11.8 Å². The average molecular weight is 316 g/mol. The Kier molecular flexibility index (Phi) is 7.99. The molecule has 0 bridgehead atoms. The molecule has 0 aliphatic rings. The first-order valence-corrected chi connectivity index (χ1v) is 8.42. The zero-order valence-corrected chi connectivity index (χ0v) is 13.1. The second-order valence-corrected chi connectivity index (χ2v) is 6.00. The summed E-state index contributed by atoms with van der Waals surface area (Å²) in [7, 11) is 0. The zero-order chi connectivity index (χ0) is 12.5. The summed E-state index contributed by atoms with van der Waals surface area (Å²) >= 11 is 5.60. The van der Waals surface area contributed by atoms with Gasteiger partial charge in [0.05, 0.1) is 0 Å². The van der Waals surface area contributed by atoms with Crippen molar-refractivity contribution in [2.24, 2.45) is 0 Å². The molecule has 1 aromatic rings. The molecule has 0 fully saturated rings. The van der Waals surface area contributed by atoms with Crippen molar-refractivity contribution >= 4 is 27.7 Å². The summed E-state index contributed by atoms with van der Waals surface area (Å²) in [5, 5.41) is 3.47. The molecule has 1 nitrogen and oxygen atoms in total. The largest absolute Gasteiger partial charge is 0.316 e. The van der Waals surface area contributed by atoms with Crippen LogP contribution in [-0.4, -0.2) is 25.1 Å². The third kappa shape index (κ3) is 5.45. The maximum absolute atomic E-state index is 3.66. The Morgan fingerprint density at radius 1 is 1.35 bits per heavy atom. The van der Waals surface area contributed by atoms with E-state index >= 15 is 0 Å². The molecule has 96 valence electrons. The van der Waals surface area contributed by atoms with Crippen LogP contribution in [0.15, 0.2) is 28.7 Å². The van der Waals surface area contributed by atoms with E-state index in [0.717, 1.165) is 13.1 Å². The fourth-order valence-electron chi connectivity index (χ4n) is 1.97. The van der Waals surface area contributed by atoms with Gasteiger partial charge in [-0.05, 0) is 48.9 Å². The Morgan fingerprint density at radius 2 is 2.12 bits per heavy atom. The average Bonchev–Trinajstić information content (AvgIpc) is 2.35. The second-order valence-electron chi connectivity index (χ2n) is 4.16. The van der Waals surface area contributed by atoms with Gasteiger partial charge >= 0.3 is 0 Å². The quantitative estimate of drug-likeness (QED) is 0.718. The second kappa shape index (κ2) is 9.01. The molecular formula is C14H22BrNS. The van der Waals surface area contributed by atoms with Gasteiger partial charge in [0.1, 0.15) is 0 Å². The van der Waals surface area contributed by atoms with Gasteiger partial charge in [-0.25, -0.2) is 0 Å². The van der Waals surface area contributed by atoms with Crippen molar-refractivity contribution in [2.45, 2.75) is 25.7 Å². The smallest absolute Gasteiger partial charge is 0.0210 e. The predicted octanol–water partition coefficient (Wildman–Crippen LogP) is 4.29. The number of nitrogens with one attached hydrogen (secondary N) is 1. The van der Waals surface area contributed by atoms with Gasteiger partial charge < -0.3 is 5.32 Å². The van der Waals surface area contributed by atoms with Crippen molar-refractivity contribution in [3.63, 3.8) is 0 Å². The molecule has 0 spiro atoms. The maximum atomic E-state index is 3.66. The minimum absolute atomic E-state index is 0.623. The van der Waals surface area contributed by atoms with Crippen LogP contribution in [0.5, 0.6) is 0 Å². The van der Waals surface area contributed by atoms with Crippen LogP contribution in [0.2, 0.25) is 0 Å². The van der Waals surface area contributed by atoms with Crippen LogP contribution in [0.25, 0.3) is 0 Å². The summed E-state index contributed by atoms with van der Waals surface area (Å²) in [4.78, 5) is 0. The highest BCUT2D eigenvalue weighted by molar-refractivity contribution is 9.10. The van der Waals surface area contributed by atoms with Crippen molar-refractivity contribution in [3.05, 3.63) is 34.3 Å². The number of rotatable bonds is 8. The maximum Gasteiger partial charge on any atom is 0.0210 e. The van der Waals surface area contributed by atoms with Crippen LogP contribution in [0.3, 0.4) is 0 Å². The molecule has 0 aliphatic carbocycles. The molecule has 1 rings (SSSR count). The molecular weight excluding hydrogens is 294 g/mol. The van der Waals surface area contributed by atoms with Gasteiger partial charge in [-0.3, -0.25) is 0 Å². The SMILES string of the molecule is CCNCC(CCCSC)c1ccccc1Br. The lowest BCUT2D eigenvalue weighted by Crippen LogP contribution is -2.21. The van der Waals surface area contributed by atoms with Crippen molar-refractivity contribution in [3.8, 4) is 0 Å². The third-order valence-electron chi connectivity index (χ3n) is 2.89. The summed E-state index contributed by atoms with van der Waals surface area (Å²) in [5.74, 6) is 1.88. The van der Waals surface area contributed by atoms with E-state index in [9.17, 15) is 0 Å². The number of hydrogen-bond donors (Lipinski definition) is 1. The predicted molar refractivity (Wildman–Crippen MR) is 83.0 cm³/mol. The molecule has 1 unspecified atom stereocenters. The van der Waals surface area contributed by atoms with Gasteiger partial charge in [0.15, 0.2) is 0 Å². The normalized spacial score (nSPS) is 12.6. The highest BCUT2D eigenvalue weighted by Crippen LogP contribution is 2.28. The summed E-state index contributed by atoms with van der Waals surface area (Å²) in [6.07, 6.45) is 4.73. The summed E-state index contributed by atoms with van der Waals surface area (Å²) < 4.78 is 1.24. The molecule has 1 aromatic carbocycles. The molecule has 1 atom stereocenters. The van der Waals surface area contributed by atoms with Gasteiger partial charge in [0.25, 0.3) is 0 Å². The Balaban J connectivity index is 2.64. The fraction of sp³-hybridized carbons (Fsp3) is 0.571. The van der Waals surface area contributed by atoms with E-state index in [1.807, 2.05) is 11.8 Å². The third-order valence-corrected chi connectivity index (χ3v) is 4.31. The number of likely N-dealkylation sites (N-methyl/N-ethyl adjacent to an activating group) is 1. The van der Waals surface area contributed by atoms with Crippen LogP contribution < -0.4 is 5.32 Å². The number of benzene rings is 1. The monoisotopic (exact) mass is 315 g/mol. The van der Waals surface area contributed by atoms with E-state index in [4.69, 9.17) is 0 Å². The molecule has 17 heavy (non-hydrogen) atoms. The molecule has 3 heteroatoms. The highest BCUT2D eigenvalue weighted by Gasteiger charge is 2.13. The highest BCUT2D eigenvalue weighted by atomic mass is 79.9. The van der Waals surface area contributed by atoms with Gasteiger partial charge in [0.2, 0.25) is 0 Å². The Labute approximate surface area is 118 Å². The first-order valence-electron chi connectivity index (χ1n) is 6.23. The Bertz CT molecular complexity index is 317. The van der Waals surface area contributed by atoms with Crippen molar-refractivity contribution in [2.75, 3.05) is 25.1 Å². The summed E-state index contributed by atoms with van der Waals surface area (Å²) in [6, 6.07) is 8.60. The van der Waals surface area contributed by atoms with Crippen LogP contribution >= 0.6 is 27.7 Å². The molecule has 0 saturated carbocycles. The molecule has 0 heterocycles. The Morgan fingerprint density at radius 3 is 2.76 bits per heavy atom. The molecule has 0 amide bonds. The van der Waals surface area contributed by atoms with E-state index in [1.165, 1.54) is 28.6 Å².